The summed E-state index contributed by atoms with van der Waals surface area (Å²) in [6.45, 7) is 2.59. The molecule has 0 unspecified atom stereocenters. The molecule has 1 heterocycles. The van der Waals surface area contributed by atoms with Crippen LogP contribution >= 0.6 is 0 Å². The molecule has 1 aliphatic heterocycles. The van der Waals surface area contributed by atoms with Gasteiger partial charge < -0.3 is 25.0 Å². The first kappa shape index (κ1) is 17.9. The number of urea groups is 1. The van der Waals surface area contributed by atoms with Gasteiger partial charge in [0.1, 0.15) is 11.5 Å². The largest absolute Gasteiger partial charge is 0.497 e. The van der Waals surface area contributed by atoms with Crippen molar-refractivity contribution in [1.29, 1.82) is 0 Å². The molecule has 0 spiro atoms. The number of nitrogens with one attached hydrogen (secondary N) is 2. The van der Waals surface area contributed by atoms with E-state index in [1.165, 1.54) is 5.69 Å². The SMILES string of the molecule is COc1ccc(N2CC[C@H](CNC(=O)Nc3cccc(OC)c3)C2)cc1. The van der Waals surface area contributed by atoms with Crippen molar-refractivity contribution in [3.8, 4) is 11.5 Å². The van der Waals surface area contributed by atoms with E-state index in [-0.39, 0.29) is 6.03 Å². The highest BCUT2D eigenvalue weighted by molar-refractivity contribution is 5.89. The van der Waals surface area contributed by atoms with Gasteiger partial charge in [-0.15, -0.1) is 0 Å². The van der Waals surface area contributed by atoms with E-state index in [1.54, 1.807) is 20.3 Å². The summed E-state index contributed by atoms with van der Waals surface area (Å²) in [5.74, 6) is 2.02. The van der Waals surface area contributed by atoms with Gasteiger partial charge in [0.25, 0.3) is 0 Å². The van der Waals surface area contributed by atoms with E-state index in [9.17, 15) is 4.79 Å². The number of carbonyl (C=O) groups is 1. The average Bonchev–Trinajstić information content (AvgIpc) is 3.15. The van der Waals surface area contributed by atoms with Crippen LogP contribution in [-0.4, -0.2) is 39.9 Å². The van der Waals surface area contributed by atoms with Crippen molar-refractivity contribution in [3.05, 3.63) is 48.5 Å². The lowest BCUT2D eigenvalue weighted by molar-refractivity contribution is 0.250. The molecular weight excluding hydrogens is 330 g/mol. The third kappa shape index (κ3) is 4.59. The van der Waals surface area contributed by atoms with E-state index in [2.05, 4.69) is 27.7 Å². The van der Waals surface area contributed by atoms with Gasteiger partial charge in [-0.3, -0.25) is 0 Å². The van der Waals surface area contributed by atoms with Crippen molar-refractivity contribution in [3.63, 3.8) is 0 Å². The van der Waals surface area contributed by atoms with Gasteiger partial charge in [0.2, 0.25) is 0 Å². The third-order valence-corrected chi connectivity index (χ3v) is 4.60. The Morgan fingerprint density at radius 2 is 1.88 bits per heavy atom. The van der Waals surface area contributed by atoms with E-state index >= 15 is 0 Å². The number of rotatable bonds is 6. The van der Waals surface area contributed by atoms with Crippen LogP contribution in [0.3, 0.4) is 0 Å². The van der Waals surface area contributed by atoms with Crippen molar-refractivity contribution >= 4 is 17.4 Å². The molecular formula is C20H25N3O3. The van der Waals surface area contributed by atoms with Crippen molar-refractivity contribution in [1.82, 2.24) is 5.32 Å². The van der Waals surface area contributed by atoms with Crippen LogP contribution in [0.15, 0.2) is 48.5 Å². The van der Waals surface area contributed by atoms with Crippen LogP contribution < -0.4 is 25.0 Å². The fourth-order valence-corrected chi connectivity index (χ4v) is 3.14. The topological polar surface area (TPSA) is 62.8 Å². The molecule has 0 radical (unpaired) electrons. The molecule has 2 amide bonds. The fourth-order valence-electron chi connectivity index (χ4n) is 3.14. The molecule has 6 heteroatoms. The summed E-state index contributed by atoms with van der Waals surface area (Å²) in [5.41, 5.74) is 1.90. The van der Waals surface area contributed by atoms with E-state index < -0.39 is 0 Å². The van der Waals surface area contributed by atoms with Crippen LogP contribution in [0.25, 0.3) is 0 Å². The first-order valence-corrected chi connectivity index (χ1v) is 8.76. The lowest BCUT2D eigenvalue weighted by Crippen LogP contribution is -2.34. The molecule has 0 aromatic heterocycles. The maximum Gasteiger partial charge on any atom is 0.319 e. The Bertz CT molecular complexity index is 733. The van der Waals surface area contributed by atoms with Gasteiger partial charge >= 0.3 is 6.03 Å². The molecule has 6 nitrogen and oxygen atoms in total. The quantitative estimate of drug-likeness (QED) is 0.834. The molecule has 26 heavy (non-hydrogen) atoms. The minimum absolute atomic E-state index is 0.193. The average molecular weight is 355 g/mol. The lowest BCUT2D eigenvalue weighted by Gasteiger charge is -2.19. The van der Waals surface area contributed by atoms with Gasteiger partial charge in [0, 0.05) is 37.1 Å². The number of methoxy groups -OCH3 is 2. The summed E-state index contributed by atoms with van der Waals surface area (Å²) in [6, 6.07) is 15.2. The summed E-state index contributed by atoms with van der Waals surface area (Å²) in [7, 11) is 3.27. The molecule has 138 valence electrons. The number of carbonyl (C=O) groups excluding carboxylic acids is 1. The van der Waals surface area contributed by atoms with Gasteiger partial charge in [-0.1, -0.05) is 6.07 Å². The zero-order valence-electron chi connectivity index (χ0n) is 15.2. The minimum atomic E-state index is -0.193. The van der Waals surface area contributed by atoms with Crippen molar-refractivity contribution < 1.29 is 14.3 Å². The van der Waals surface area contributed by atoms with E-state index in [0.717, 1.165) is 25.3 Å². The maximum absolute atomic E-state index is 12.1. The first-order chi connectivity index (χ1) is 12.7. The van der Waals surface area contributed by atoms with Crippen LogP contribution in [0.5, 0.6) is 11.5 Å². The van der Waals surface area contributed by atoms with Crippen LogP contribution in [0.4, 0.5) is 16.2 Å². The number of benzene rings is 2. The molecule has 2 N–H and O–H groups in total. The number of ether oxygens (including phenoxy) is 2. The fraction of sp³-hybridized carbons (Fsp3) is 0.350. The van der Waals surface area contributed by atoms with Crippen molar-refractivity contribution in [2.45, 2.75) is 6.42 Å². The number of amides is 2. The van der Waals surface area contributed by atoms with Gasteiger partial charge in [0.05, 0.1) is 14.2 Å². The zero-order valence-corrected chi connectivity index (χ0v) is 15.2. The van der Waals surface area contributed by atoms with Crippen LogP contribution in [0, 0.1) is 5.92 Å². The van der Waals surface area contributed by atoms with Gasteiger partial charge in [0.15, 0.2) is 0 Å². The first-order valence-electron chi connectivity index (χ1n) is 8.76. The Morgan fingerprint density at radius 3 is 2.62 bits per heavy atom. The summed E-state index contributed by atoms with van der Waals surface area (Å²) in [5, 5.41) is 5.80. The highest BCUT2D eigenvalue weighted by Gasteiger charge is 2.23. The molecule has 1 atom stereocenters. The van der Waals surface area contributed by atoms with Crippen molar-refractivity contribution in [2.24, 2.45) is 5.92 Å². The van der Waals surface area contributed by atoms with E-state index in [4.69, 9.17) is 9.47 Å². The molecule has 2 aromatic rings. The predicted octanol–water partition coefficient (Wildman–Crippen LogP) is 3.35. The molecule has 0 bridgehead atoms. The molecule has 3 rings (SSSR count). The van der Waals surface area contributed by atoms with Crippen molar-refractivity contribution in [2.75, 3.05) is 44.1 Å². The summed E-state index contributed by atoms with van der Waals surface area (Å²) < 4.78 is 10.4. The molecule has 1 saturated heterocycles. The highest BCUT2D eigenvalue weighted by atomic mass is 16.5. The Labute approximate surface area is 154 Å². The van der Waals surface area contributed by atoms with Gasteiger partial charge in [-0.2, -0.15) is 0 Å². The standard InChI is InChI=1S/C20H25N3O3/c1-25-18-8-6-17(7-9-18)23-11-10-15(14-23)13-21-20(24)22-16-4-3-5-19(12-16)26-2/h3-9,12,15H,10-11,13-14H2,1-2H3,(H2,21,22,24)/t15-/m1/s1. The third-order valence-electron chi connectivity index (χ3n) is 4.60. The number of nitrogens with zero attached hydrogens (tertiary/aromatic N) is 1. The van der Waals surface area contributed by atoms with E-state index in [1.807, 2.05) is 30.3 Å². The minimum Gasteiger partial charge on any atom is -0.497 e. The van der Waals surface area contributed by atoms with Gasteiger partial charge in [-0.25, -0.2) is 4.79 Å². The summed E-state index contributed by atoms with van der Waals surface area (Å²) >= 11 is 0. The summed E-state index contributed by atoms with van der Waals surface area (Å²) in [4.78, 5) is 14.4. The second-order valence-corrected chi connectivity index (χ2v) is 6.37. The second-order valence-electron chi connectivity index (χ2n) is 6.37. The molecule has 0 aliphatic carbocycles. The molecule has 1 aliphatic rings. The molecule has 0 saturated carbocycles. The van der Waals surface area contributed by atoms with Crippen LogP contribution in [0.1, 0.15) is 6.42 Å². The number of hydrogen-bond acceptors (Lipinski definition) is 4. The highest BCUT2D eigenvalue weighted by Crippen LogP contribution is 2.25. The van der Waals surface area contributed by atoms with Crippen LogP contribution in [-0.2, 0) is 0 Å². The van der Waals surface area contributed by atoms with E-state index in [0.29, 0.717) is 23.9 Å². The molecule has 2 aromatic carbocycles. The monoisotopic (exact) mass is 355 g/mol. The normalized spacial score (nSPS) is 16.2. The van der Waals surface area contributed by atoms with Gasteiger partial charge in [-0.05, 0) is 48.7 Å². The smallest absolute Gasteiger partial charge is 0.319 e. The number of anilines is 2. The molecule has 1 fully saturated rings. The Kier molecular flexibility index (Phi) is 5.84. The lowest BCUT2D eigenvalue weighted by atomic mass is 10.1. The Hall–Kier alpha value is -2.89. The van der Waals surface area contributed by atoms with Crippen LogP contribution in [0.2, 0.25) is 0 Å². The Balaban J connectivity index is 1.45. The summed E-state index contributed by atoms with van der Waals surface area (Å²) in [6.07, 6.45) is 1.06. The Morgan fingerprint density at radius 1 is 1.12 bits per heavy atom. The maximum atomic E-state index is 12.1. The predicted molar refractivity (Wildman–Crippen MR) is 103 cm³/mol. The zero-order chi connectivity index (χ0) is 18.4. The second kappa shape index (κ2) is 8.47. The number of hydrogen-bond donors (Lipinski definition) is 2.